The van der Waals surface area contributed by atoms with E-state index in [1.807, 2.05) is 24.3 Å². The fraction of sp³-hybridized carbons (Fsp3) is 0.364. The lowest BCUT2D eigenvalue weighted by atomic mass is 9.88. The van der Waals surface area contributed by atoms with E-state index in [1.165, 1.54) is 0 Å². The molecule has 3 rings (SSSR count). The number of carbonyl (C=O) groups is 1. The van der Waals surface area contributed by atoms with E-state index in [-0.39, 0.29) is 11.5 Å². The van der Waals surface area contributed by atoms with Crippen molar-refractivity contribution in [1.29, 1.82) is 0 Å². The number of hydrogen-bond acceptors (Lipinski definition) is 3. The summed E-state index contributed by atoms with van der Waals surface area (Å²) in [7, 11) is 0. The van der Waals surface area contributed by atoms with Gasteiger partial charge in [0.25, 0.3) is 0 Å². The second kappa shape index (κ2) is 8.11. The summed E-state index contributed by atoms with van der Waals surface area (Å²) in [6, 6.07) is 14.2. The van der Waals surface area contributed by atoms with Crippen molar-refractivity contribution in [2.24, 2.45) is 4.99 Å². The van der Waals surface area contributed by atoms with Crippen molar-refractivity contribution >= 4 is 22.3 Å². The van der Waals surface area contributed by atoms with Gasteiger partial charge in [-0.1, -0.05) is 55.8 Å². The molecule has 0 aliphatic heterocycles. The van der Waals surface area contributed by atoms with E-state index in [2.05, 4.69) is 30.1 Å². The number of hydrogen-bond donors (Lipinski definition) is 1. The maximum absolute atomic E-state index is 12.4. The van der Waals surface area contributed by atoms with E-state index < -0.39 is 0 Å². The van der Waals surface area contributed by atoms with Crippen LogP contribution in [0.25, 0.3) is 10.8 Å². The third kappa shape index (κ3) is 3.98. The highest BCUT2D eigenvalue weighted by Crippen LogP contribution is 2.25. The Morgan fingerprint density at radius 3 is 2.76 bits per heavy atom. The topological polar surface area (TPSA) is 49.7 Å². The lowest BCUT2D eigenvalue weighted by Gasteiger charge is -2.18. The number of fused-ring (bicyclic) bond motifs is 1. The molecule has 0 heterocycles. The van der Waals surface area contributed by atoms with Gasteiger partial charge >= 0.3 is 0 Å². The summed E-state index contributed by atoms with van der Waals surface area (Å²) in [4.78, 5) is 17.0. The van der Waals surface area contributed by atoms with Gasteiger partial charge in [0.15, 0.2) is 5.78 Å². The standard InChI is InChI=1S/C22H25NO2/c1-2-3-14-23-19-12-7-13-20(24)22(19)21(25)15-17-10-6-9-16-8-4-5-11-18(16)17/h4-6,8-11,25H,2-3,7,12-15H2,1H3. The first-order valence-corrected chi connectivity index (χ1v) is 9.16. The van der Waals surface area contributed by atoms with Gasteiger partial charge in [0.1, 0.15) is 5.76 Å². The molecule has 25 heavy (non-hydrogen) atoms. The highest BCUT2D eigenvalue weighted by molar-refractivity contribution is 6.24. The van der Waals surface area contributed by atoms with Crippen molar-refractivity contribution in [3.05, 3.63) is 59.4 Å². The first-order valence-electron chi connectivity index (χ1n) is 9.16. The Balaban J connectivity index is 1.95. The van der Waals surface area contributed by atoms with Crippen molar-refractivity contribution < 1.29 is 9.90 Å². The van der Waals surface area contributed by atoms with E-state index in [1.54, 1.807) is 0 Å². The summed E-state index contributed by atoms with van der Waals surface area (Å²) >= 11 is 0. The molecule has 130 valence electrons. The minimum atomic E-state index is 0.0271. The van der Waals surface area contributed by atoms with Gasteiger partial charge < -0.3 is 5.11 Å². The summed E-state index contributed by atoms with van der Waals surface area (Å²) in [5, 5.41) is 13.0. The van der Waals surface area contributed by atoms with Crippen LogP contribution in [-0.2, 0) is 11.2 Å². The number of benzene rings is 2. The third-order valence-corrected chi connectivity index (χ3v) is 4.73. The van der Waals surface area contributed by atoms with Crippen LogP contribution in [0.2, 0.25) is 0 Å². The summed E-state index contributed by atoms with van der Waals surface area (Å²) in [5.74, 6) is 0.190. The van der Waals surface area contributed by atoms with Gasteiger partial charge in [-0.2, -0.15) is 0 Å². The lowest BCUT2D eigenvalue weighted by Crippen LogP contribution is -2.22. The number of allylic oxidation sites excluding steroid dienone is 2. The number of unbranched alkanes of at least 4 members (excludes halogenated alkanes) is 1. The quantitative estimate of drug-likeness (QED) is 0.464. The molecule has 1 saturated carbocycles. The maximum atomic E-state index is 12.4. The van der Waals surface area contributed by atoms with Crippen LogP contribution in [0.5, 0.6) is 0 Å². The molecule has 0 bridgehead atoms. The maximum Gasteiger partial charge on any atom is 0.168 e. The summed E-state index contributed by atoms with van der Waals surface area (Å²) in [6.07, 6.45) is 4.57. The molecular formula is C22H25NO2. The second-order valence-electron chi connectivity index (χ2n) is 6.60. The number of aliphatic imine (C=N–C) groups is 1. The number of ketones is 1. The Morgan fingerprint density at radius 1 is 1.12 bits per heavy atom. The zero-order valence-electron chi connectivity index (χ0n) is 14.8. The minimum absolute atomic E-state index is 0.0271. The summed E-state index contributed by atoms with van der Waals surface area (Å²) < 4.78 is 0. The minimum Gasteiger partial charge on any atom is -0.511 e. The highest BCUT2D eigenvalue weighted by atomic mass is 16.3. The van der Waals surface area contributed by atoms with Crippen molar-refractivity contribution in [2.45, 2.75) is 45.4 Å². The molecule has 0 saturated heterocycles. The number of nitrogens with zero attached hydrogens (tertiary/aromatic N) is 1. The molecule has 3 nitrogen and oxygen atoms in total. The number of aliphatic hydroxyl groups is 1. The predicted octanol–water partition coefficient (Wildman–Crippen LogP) is 5.19. The van der Waals surface area contributed by atoms with E-state index in [9.17, 15) is 9.90 Å². The Morgan fingerprint density at radius 2 is 1.92 bits per heavy atom. The Kier molecular flexibility index (Phi) is 5.64. The van der Waals surface area contributed by atoms with Gasteiger partial charge in [-0.25, -0.2) is 0 Å². The van der Waals surface area contributed by atoms with Crippen LogP contribution in [-0.4, -0.2) is 23.1 Å². The van der Waals surface area contributed by atoms with Crippen molar-refractivity contribution in [3.8, 4) is 0 Å². The number of rotatable bonds is 5. The zero-order valence-corrected chi connectivity index (χ0v) is 14.8. The number of aliphatic hydroxyl groups excluding tert-OH is 1. The molecule has 3 heteroatoms. The molecule has 1 aliphatic rings. The highest BCUT2D eigenvalue weighted by Gasteiger charge is 2.25. The normalized spacial score (nSPS) is 18.8. The van der Waals surface area contributed by atoms with Gasteiger partial charge in [-0.3, -0.25) is 9.79 Å². The van der Waals surface area contributed by atoms with Crippen LogP contribution in [0, 0.1) is 0 Å². The molecule has 0 amide bonds. The SMILES string of the molecule is CCCCN=C1CCCC(=O)C1=C(O)Cc1cccc2ccccc12. The van der Waals surface area contributed by atoms with Crippen molar-refractivity contribution in [2.75, 3.05) is 6.54 Å². The molecule has 0 spiro atoms. The predicted molar refractivity (Wildman–Crippen MR) is 103 cm³/mol. The van der Waals surface area contributed by atoms with Crippen LogP contribution < -0.4 is 0 Å². The average Bonchev–Trinajstić information content (AvgIpc) is 2.62. The van der Waals surface area contributed by atoms with E-state index in [4.69, 9.17) is 0 Å². The van der Waals surface area contributed by atoms with Gasteiger partial charge in [0, 0.05) is 25.1 Å². The largest absolute Gasteiger partial charge is 0.511 e. The van der Waals surface area contributed by atoms with Crippen LogP contribution in [0.1, 0.15) is 44.6 Å². The van der Waals surface area contributed by atoms with Crippen molar-refractivity contribution in [3.63, 3.8) is 0 Å². The summed E-state index contributed by atoms with van der Waals surface area (Å²) in [5.41, 5.74) is 2.30. The van der Waals surface area contributed by atoms with E-state index in [0.717, 1.165) is 54.3 Å². The fourth-order valence-corrected chi connectivity index (χ4v) is 3.40. The molecule has 0 aromatic heterocycles. The Labute approximate surface area is 149 Å². The van der Waals surface area contributed by atoms with Crippen LogP contribution in [0.3, 0.4) is 0 Å². The lowest BCUT2D eigenvalue weighted by molar-refractivity contribution is -0.115. The fourth-order valence-electron chi connectivity index (χ4n) is 3.40. The zero-order chi connectivity index (χ0) is 17.6. The van der Waals surface area contributed by atoms with Crippen LogP contribution in [0.4, 0.5) is 0 Å². The first-order chi connectivity index (χ1) is 12.2. The average molecular weight is 335 g/mol. The number of Topliss-reactive ketones (excluding diaryl/α,β-unsaturated/α-hetero) is 1. The van der Waals surface area contributed by atoms with E-state index >= 15 is 0 Å². The molecule has 1 fully saturated rings. The van der Waals surface area contributed by atoms with Gasteiger partial charge in [-0.05, 0) is 35.6 Å². The Bertz CT molecular complexity index is 828. The smallest absolute Gasteiger partial charge is 0.168 e. The van der Waals surface area contributed by atoms with Gasteiger partial charge in [0.2, 0.25) is 0 Å². The molecule has 0 unspecified atom stereocenters. The van der Waals surface area contributed by atoms with Crippen LogP contribution in [0.15, 0.2) is 58.8 Å². The van der Waals surface area contributed by atoms with Gasteiger partial charge in [0.05, 0.1) is 5.57 Å². The molecular weight excluding hydrogens is 310 g/mol. The molecule has 0 radical (unpaired) electrons. The monoisotopic (exact) mass is 335 g/mol. The molecule has 1 N–H and O–H groups in total. The first kappa shape index (κ1) is 17.4. The van der Waals surface area contributed by atoms with E-state index in [0.29, 0.717) is 18.4 Å². The summed E-state index contributed by atoms with van der Waals surface area (Å²) in [6.45, 7) is 2.85. The molecule has 1 aliphatic carbocycles. The second-order valence-corrected chi connectivity index (χ2v) is 6.60. The van der Waals surface area contributed by atoms with Crippen molar-refractivity contribution in [1.82, 2.24) is 0 Å². The number of carbonyl (C=O) groups excluding carboxylic acids is 1. The molecule has 2 aromatic rings. The Hall–Kier alpha value is -2.42. The third-order valence-electron chi connectivity index (χ3n) is 4.73. The van der Waals surface area contributed by atoms with Crippen LogP contribution >= 0.6 is 0 Å². The molecule has 0 atom stereocenters. The van der Waals surface area contributed by atoms with Gasteiger partial charge in [-0.15, -0.1) is 0 Å². The molecule has 2 aromatic carbocycles.